The molecule has 0 N–H and O–H groups in total. The van der Waals surface area contributed by atoms with Gasteiger partial charge in [-0.05, 0) is 49.2 Å². The van der Waals surface area contributed by atoms with Crippen LogP contribution in [0.5, 0.6) is 0 Å². The summed E-state index contributed by atoms with van der Waals surface area (Å²) in [6.07, 6.45) is 3.49. The molecule has 0 radical (unpaired) electrons. The van der Waals surface area contributed by atoms with E-state index < -0.39 is 0 Å². The molecule has 0 saturated carbocycles. The van der Waals surface area contributed by atoms with Crippen LogP contribution in [0.25, 0.3) is 17.0 Å². The second kappa shape index (κ2) is 6.64. The SMILES string of the molecule is Cc1ccc(C)c(CSc2ccc3nnc(-c4ccncc4)n3n2)c1. The van der Waals surface area contributed by atoms with Gasteiger partial charge in [0.15, 0.2) is 11.5 Å². The van der Waals surface area contributed by atoms with Crippen molar-refractivity contribution < 1.29 is 0 Å². The number of nitrogens with zero attached hydrogens (tertiary/aromatic N) is 5. The van der Waals surface area contributed by atoms with Crippen molar-refractivity contribution in [3.8, 4) is 11.4 Å². The fourth-order valence-electron chi connectivity index (χ4n) is 2.64. The Labute approximate surface area is 150 Å². The predicted molar refractivity (Wildman–Crippen MR) is 99.5 cm³/mol. The van der Waals surface area contributed by atoms with Gasteiger partial charge in [0.1, 0.15) is 5.03 Å². The van der Waals surface area contributed by atoms with Gasteiger partial charge in [-0.25, -0.2) is 0 Å². The molecule has 4 rings (SSSR count). The van der Waals surface area contributed by atoms with Gasteiger partial charge in [-0.2, -0.15) is 9.61 Å². The lowest BCUT2D eigenvalue weighted by Gasteiger charge is -2.07. The van der Waals surface area contributed by atoms with Crippen molar-refractivity contribution in [1.29, 1.82) is 0 Å². The zero-order valence-corrected chi connectivity index (χ0v) is 14.9. The zero-order valence-electron chi connectivity index (χ0n) is 14.0. The molecule has 0 saturated heterocycles. The third kappa shape index (κ3) is 3.25. The van der Waals surface area contributed by atoms with E-state index in [1.807, 2.05) is 24.3 Å². The molecule has 25 heavy (non-hydrogen) atoms. The number of benzene rings is 1. The van der Waals surface area contributed by atoms with Crippen LogP contribution < -0.4 is 0 Å². The summed E-state index contributed by atoms with van der Waals surface area (Å²) in [5.74, 6) is 1.62. The average Bonchev–Trinajstić information content (AvgIpc) is 3.06. The number of thioether (sulfide) groups is 1. The maximum atomic E-state index is 4.71. The summed E-state index contributed by atoms with van der Waals surface area (Å²) in [5.41, 5.74) is 5.61. The number of rotatable bonds is 4. The number of hydrogen-bond acceptors (Lipinski definition) is 5. The van der Waals surface area contributed by atoms with E-state index in [2.05, 4.69) is 47.2 Å². The maximum absolute atomic E-state index is 4.71. The van der Waals surface area contributed by atoms with E-state index in [0.717, 1.165) is 27.8 Å². The molecule has 1 aromatic carbocycles. The maximum Gasteiger partial charge on any atom is 0.185 e. The molecule has 0 atom stereocenters. The summed E-state index contributed by atoms with van der Waals surface area (Å²) in [6.45, 7) is 4.27. The van der Waals surface area contributed by atoms with Crippen LogP contribution in [0.1, 0.15) is 16.7 Å². The average molecular weight is 347 g/mol. The minimum absolute atomic E-state index is 0.728. The van der Waals surface area contributed by atoms with Crippen LogP contribution in [0.2, 0.25) is 0 Å². The normalized spacial score (nSPS) is 11.1. The van der Waals surface area contributed by atoms with Gasteiger partial charge in [-0.15, -0.1) is 10.2 Å². The summed E-state index contributed by atoms with van der Waals surface area (Å²) in [5, 5.41) is 14.1. The minimum Gasteiger partial charge on any atom is -0.265 e. The molecule has 0 aliphatic heterocycles. The smallest absolute Gasteiger partial charge is 0.185 e. The van der Waals surface area contributed by atoms with Crippen molar-refractivity contribution in [1.82, 2.24) is 24.8 Å². The van der Waals surface area contributed by atoms with Crippen LogP contribution >= 0.6 is 11.8 Å². The fourth-order valence-corrected chi connectivity index (χ4v) is 3.56. The molecule has 0 aliphatic rings. The van der Waals surface area contributed by atoms with Crippen molar-refractivity contribution in [2.45, 2.75) is 24.6 Å². The van der Waals surface area contributed by atoms with Crippen molar-refractivity contribution in [2.24, 2.45) is 0 Å². The molecule has 4 aromatic rings. The van der Waals surface area contributed by atoms with Crippen molar-refractivity contribution in [2.75, 3.05) is 0 Å². The molecule has 6 heteroatoms. The molecule has 0 unspecified atom stereocenters. The molecular weight excluding hydrogens is 330 g/mol. The monoisotopic (exact) mass is 347 g/mol. The van der Waals surface area contributed by atoms with Crippen molar-refractivity contribution >= 4 is 17.4 Å². The third-order valence-electron chi connectivity index (χ3n) is 4.06. The number of fused-ring (bicyclic) bond motifs is 1. The van der Waals surface area contributed by atoms with Crippen molar-refractivity contribution in [3.05, 3.63) is 71.5 Å². The Bertz CT molecular complexity index is 1030. The highest BCUT2D eigenvalue weighted by molar-refractivity contribution is 7.98. The van der Waals surface area contributed by atoms with E-state index >= 15 is 0 Å². The molecule has 0 aliphatic carbocycles. The van der Waals surface area contributed by atoms with E-state index in [4.69, 9.17) is 5.10 Å². The Balaban J connectivity index is 1.64. The lowest BCUT2D eigenvalue weighted by molar-refractivity contribution is 0.860. The van der Waals surface area contributed by atoms with Gasteiger partial charge < -0.3 is 0 Å². The first-order valence-electron chi connectivity index (χ1n) is 8.02. The Morgan fingerprint density at radius 3 is 2.64 bits per heavy atom. The second-order valence-electron chi connectivity index (χ2n) is 5.92. The first kappa shape index (κ1) is 15.8. The van der Waals surface area contributed by atoms with Crippen molar-refractivity contribution in [3.63, 3.8) is 0 Å². The van der Waals surface area contributed by atoms with E-state index in [0.29, 0.717) is 0 Å². The molecule has 0 fully saturated rings. The van der Waals surface area contributed by atoms with Crippen LogP contribution in [-0.2, 0) is 5.75 Å². The summed E-state index contributed by atoms with van der Waals surface area (Å²) in [4.78, 5) is 4.05. The van der Waals surface area contributed by atoms with E-state index in [1.165, 1.54) is 16.7 Å². The van der Waals surface area contributed by atoms with Crippen LogP contribution in [0.15, 0.2) is 59.9 Å². The van der Waals surface area contributed by atoms with E-state index in [9.17, 15) is 0 Å². The lowest BCUT2D eigenvalue weighted by atomic mass is 10.1. The number of pyridine rings is 1. The first-order chi connectivity index (χ1) is 12.2. The number of hydrogen-bond donors (Lipinski definition) is 0. The largest absolute Gasteiger partial charge is 0.265 e. The van der Waals surface area contributed by atoms with Gasteiger partial charge in [0.05, 0.1) is 0 Å². The summed E-state index contributed by atoms with van der Waals surface area (Å²) in [7, 11) is 0. The van der Waals surface area contributed by atoms with Gasteiger partial charge in [-0.3, -0.25) is 4.98 Å². The molecule has 3 heterocycles. The molecular formula is C19H17N5S. The molecule has 5 nitrogen and oxygen atoms in total. The minimum atomic E-state index is 0.728. The van der Waals surface area contributed by atoms with Gasteiger partial charge in [0.2, 0.25) is 0 Å². The zero-order chi connectivity index (χ0) is 17.2. The second-order valence-corrected chi connectivity index (χ2v) is 6.92. The van der Waals surface area contributed by atoms with Gasteiger partial charge >= 0.3 is 0 Å². The van der Waals surface area contributed by atoms with Gasteiger partial charge in [0.25, 0.3) is 0 Å². The predicted octanol–water partition coefficient (Wildman–Crippen LogP) is 4.10. The summed E-state index contributed by atoms with van der Waals surface area (Å²) in [6, 6.07) is 14.3. The summed E-state index contributed by atoms with van der Waals surface area (Å²) < 4.78 is 1.79. The molecule has 0 spiro atoms. The topological polar surface area (TPSA) is 56.0 Å². The van der Waals surface area contributed by atoms with Crippen LogP contribution in [0.3, 0.4) is 0 Å². The first-order valence-corrected chi connectivity index (χ1v) is 9.01. The fraction of sp³-hybridized carbons (Fsp3) is 0.158. The highest BCUT2D eigenvalue weighted by Gasteiger charge is 2.10. The van der Waals surface area contributed by atoms with Crippen LogP contribution in [-0.4, -0.2) is 24.8 Å². The highest BCUT2D eigenvalue weighted by atomic mass is 32.2. The Morgan fingerprint density at radius 2 is 1.80 bits per heavy atom. The Kier molecular flexibility index (Phi) is 4.19. The van der Waals surface area contributed by atoms with Gasteiger partial charge in [0, 0.05) is 23.7 Å². The molecule has 3 aromatic heterocycles. The summed E-state index contributed by atoms with van der Waals surface area (Å²) >= 11 is 1.72. The van der Waals surface area contributed by atoms with E-state index in [1.54, 1.807) is 28.7 Å². The molecule has 124 valence electrons. The van der Waals surface area contributed by atoms with Gasteiger partial charge in [-0.1, -0.05) is 35.5 Å². The lowest BCUT2D eigenvalue weighted by Crippen LogP contribution is -1.97. The number of aromatic nitrogens is 5. The Hall–Kier alpha value is -2.73. The molecule has 0 amide bonds. The number of aryl methyl sites for hydroxylation is 2. The third-order valence-corrected chi connectivity index (χ3v) is 5.03. The standard InChI is InChI=1S/C19H17N5S/c1-13-3-4-14(2)16(11-13)12-25-18-6-5-17-21-22-19(24(17)23-18)15-7-9-20-10-8-15/h3-11H,12H2,1-2H3. The van der Waals surface area contributed by atoms with Crippen LogP contribution in [0, 0.1) is 13.8 Å². The van der Waals surface area contributed by atoms with E-state index in [-0.39, 0.29) is 0 Å². The van der Waals surface area contributed by atoms with Crippen LogP contribution in [0.4, 0.5) is 0 Å². The quantitative estimate of drug-likeness (QED) is 0.520. The Morgan fingerprint density at radius 1 is 0.960 bits per heavy atom. The highest BCUT2D eigenvalue weighted by Crippen LogP contribution is 2.25. The molecule has 0 bridgehead atoms.